The zero-order valence-electron chi connectivity index (χ0n) is 18.3. The second-order valence-corrected chi connectivity index (χ2v) is 7.79. The summed E-state index contributed by atoms with van der Waals surface area (Å²) in [4.78, 5) is 20.9. The molecule has 3 rings (SSSR count). The molecule has 1 unspecified atom stereocenters. The highest BCUT2D eigenvalue weighted by molar-refractivity contribution is 5.90. The van der Waals surface area contributed by atoms with Crippen molar-refractivity contribution in [3.8, 4) is 28.3 Å². The van der Waals surface area contributed by atoms with Crippen LogP contribution in [0, 0.1) is 0 Å². The first-order valence-electron chi connectivity index (χ1n) is 11.1. The Bertz CT molecular complexity index is 991. The maximum atomic E-state index is 13.9. The van der Waals surface area contributed by atoms with E-state index in [0.717, 1.165) is 31.2 Å². The second kappa shape index (κ2) is 11.9. The summed E-state index contributed by atoms with van der Waals surface area (Å²) in [5, 5.41) is 9.96. The van der Waals surface area contributed by atoms with Gasteiger partial charge in [-0.1, -0.05) is 69.4 Å². The Morgan fingerprint density at radius 3 is 2.34 bits per heavy atom. The second-order valence-electron chi connectivity index (χ2n) is 7.79. The number of carbonyl (C=O) groups is 1. The van der Waals surface area contributed by atoms with Crippen molar-refractivity contribution in [1.82, 2.24) is 9.97 Å². The number of halogens is 1. The van der Waals surface area contributed by atoms with Gasteiger partial charge in [0.05, 0.1) is 5.56 Å². The maximum absolute atomic E-state index is 13.9. The number of nitrogens with zero attached hydrogens (tertiary/aromatic N) is 2. The first-order chi connectivity index (χ1) is 15.6. The predicted molar refractivity (Wildman–Crippen MR) is 123 cm³/mol. The van der Waals surface area contributed by atoms with Crippen LogP contribution in [-0.4, -0.2) is 33.8 Å². The van der Waals surface area contributed by atoms with Crippen molar-refractivity contribution in [2.24, 2.45) is 0 Å². The summed E-state index contributed by atoms with van der Waals surface area (Å²) in [6, 6.07) is 13.7. The van der Waals surface area contributed by atoms with Gasteiger partial charge < -0.3 is 9.84 Å². The van der Waals surface area contributed by atoms with Gasteiger partial charge in [-0.25, -0.2) is 19.2 Å². The third kappa shape index (κ3) is 6.61. The quantitative estimate of drug-likeness (QED) is 0.279. The van der Waals surface area contributed by atoms with Crippen molar-refractivity contribution in [1.29, 1.82) is 0 Å². The minimum Gasteiger partial charge on any atom is -0.507 e. The Morgan fingerprint density at radius 2 is 1.66 bits per heavy atom. The molecule has 168 valence electrons. The van der Waals surface area contributed by atoms with Gasteiger partial charge in [0.15, 0.2) is 5.82 Å². The minimum atomic E-state index is -1.13. The van der Waals surface area contributed by atoms with Crippen LogP contribution in [0.3, 0.4) is 0 Å². The SMILES string of the molecule is CCCCCCCC(F)COC(=O)c1ccc(-c2ncc(-c3ccccc3O)cn2)cc1. The van der Waals surface area contributed by atoms with Crippen LogP contribution < -0.4 is 0 Å². The van der Waals surface area contributed by atoms with E-state index in [1.807, 2.05) is 6.07 Å². The summed E-state index contributed by atoms with van der Waals surface area (Å²) in [6.45, 7) is 1.93. The summed E-state index contributed by atoms with van der Waals surface area (Å²) < 4.78 is 19.1. The number of carbonyl (C=O) groups excluding carboxylic acids is 1. The molecule has 3 aromatic rings. The number of hydrogen-bond donors (Lipinski definition) is 1. The van der Waals surface area contributed by atoms with Gasteiger partial charge >= 0.3 is 5.97 Å². The number of phenols is 1. The molecule has 0 aliphatic rings. The third-order valence-corrected chi connectivity index (χ3v) is 5.26. The predicted octanol–water partition coefficient (Wildman–Crippen LogP) is 6.37. The van der Waals surface area contributed by atoms with Crippen LogP contribution in [0.5, 0.6) is 5.75 Å². The van der Waals surface area contributed by atoms with E-state index in [0.29, 0.717) is 28.9 Å². The van der Waals surface area contributed by atoms with Gasteiger partial charge in [-0.15, -0.1) is 0 Å². The number of rotatable bonds is 11. The van der Waals surface area contributed by atoms with Gasteiger partial charge in [0, 0.05) is 29.1 Å². The molecule has 0 aliphatic heterocycles. The largest absolute Gasteiger partial charge is 0.507 e. The lowest BCUT2D eigenvalue weighted by Gasteiger charge is -2.10. The van der Waals surface area contributed by atoms with Crippen LogP contribution in [-0.2, 0) is 4.74 Å². The first-order valence-corrected chi connectivity index (χ1v) is 11.1. The van der Waals surface area contributed by atoms with Crippen LogP contribution >= 0.6 is 0 Å². The number of ether oxygens (including phenoxy) is 1. The smallest absolute Gasteiger partial charge is 0.338 e. The van der Waals surface area contributed by atoms with Gasteiger partial charge in [0.1, 0.15) is 18.5 Å². The molecule has 6 heteroatoms. The number of phenolic OH excluding ortho intramolecular Hbond substituents is 1. The number of alkyl halides is 1. The molecule has 0 saturated carbocycles. The van der Waals surface area contributed by atoms with E-state index in [9.17, 15) is 14.3 Å². The molecular formula is C26H29FN2O3. The number of aromatic hydroxyl groups is 1. The molecule has 1 aromatic heterocycles. The molecule has 2 aromatic carbocycles. The van der Waals surface area contributed by atoms with Crippen molar-refractivity contribution in [2.45, 2.75) is 51.6 Å². The molecule has 0 saturated heterocycles. The highest BCUT2D eigenvalue weighted by Crippen LogP contribution is 2.28. The van der Waals surface area contributed by atoms with E-state index in [2.05, 4.69) is 16.9 Å². The van der Waals surface area contributed by atoms with Gasteiger partial charge in [-0.2, -0.15) is 0 Å². The van der Waals surface area contributed by atoms with Crippen LogP contribution in [0.25, 0.3) is 22.5 Å². The Hall–Kier alpha value is -3.28. The monoisotopic (exact) mass is 436 g/mol. The number of hydrogen-bond acceptors (Lipinski definition) is 5. The molecular weight excluding hydrogens is 407 g/mol. The molecule has 32 heavy (non-hydrogen) atoms. The molecule has 0 radical (unpaired) electrons. The molecule has 0 aliphatic carbocycles. The fourth-order valence-corrected chi connectivity index (χ4v) is 3.39. The molecule has 1 atom stereocenters. The van der Waals surface area contributed by atoms with E-state index >= 15 is 0 Å². The van der Waals surface area contributed by atoms with Crippen molar-refractivity contribution in [3.63, 3.8) is 0 Å². The molecule has 1 N–H and O–H groups in total. The van der Waals surface area contributed by atoms with Crippen molar-refractivity contribution >= 4 is 5.97 Å². The third-order valence-electron chi connectivity index (χ3n) is 5.26. The molecule has 0 bridgehead atoms. The highest BCUT2D eigenvalue weighted by Gasteiger charge is 2.13. The lowest BCUT2D eigenvalue weighted by Crippen LogP contribution is -2.15. The Balaban J connectivity index is 1.52. The minimum absolute atomic E-state index is 0.165. The highest BCUT2D eigenvalue weighted by atomic mass is 19.1. The van der Waals surface area contributed by atoms with E-state index in [1.165, 1.54) is 6.42 Å². The van der Waals surface area contributed by atoms with E-state index < -0.39 is 12.1 Å². The topological polar surface area (TPSA) is 72.3 Å². The molecule has 0 fully saturated rings. The average Bonchev–Trinajstić information content (AvgIpc) is 2.83. The van der Waals surface area contributed by atoms with Crippen LogP contribution in [0.4, 0.5) is 4.39 Å². The summed E-state index contributed by atoms with van der Waals surface area (Å²) >= 11 is 0. The van der Waals surface area contributed by atoms with Crippen LogP contribution in [0.15, 0.2) is 60.9 Å². The summed E-state index contributed by atoms with van der Waals surface area (Å²) in [7, 11) is 0. The Kier molecular flexibility index (Phi) is 8.72. The molecule has 1 heterocycles. The molecule has 0 amide bonds. The molecule has 0 spiro atoms. The number of para-hydroxylation sites is 1. The number of aromatic nitrogens is 2. The normalized spacial score (nSPS) is 11.8. The Morgan fingerprint density at radius 1 is 0.969 bits per heavy atom. The van der Waals surface area contributed by atoms with Crippen molar-refractivity contribution in [2.75, 3.05) is 6.61 Å². The van der Waals surface area contributed by atoms with Gasteiger partial charge in [0.25, 0.3) is 0 Å². The van der Waals surface area contributed by atoms with Gasteiger partial charge in [-0.3, -0.25) is 0 Å². The number of benzene rings is 2. The van der Waals surface area contributed by atoms with Crippen molar-refractivity contribution < 1.29 is 19.0 Å². The average molecular weight is 437 g/mol. The standard InChI is InChI=1S/C26H29FN2O3/c1-2-3-4-5-6-9-22(27)18-32-26(31)20-14-12-19(13-15-20)25-28-16-21(17-29-25)23-10-7-8-11-24(23)30/h7-8,10-17,22,30H,2-6,9,18H2,1H3. The lowest BCUT2D eigenvalue weighted by atomic mass is 10.1. The number of unbranched alkanes of at least 4 members (excludes halogenated alkanes) is 4. The molecule has 5 nitrogen and oxygen atoms in total. The number of esters is 1. The Labute approximate surface area is 188 Å². The summed E-state index contributed by atoms with van der Waals surface area (Å²) in [6.07, 6.45) is 7.86. The fourth-order valence-electron chi connectivity index (χ4n) is 3.39. The van der Waals surface area contributed by atoms with E-state index in [1.54, 1.807) is 54.9 Å². The van der Waals surface area contributed by atoms with E-state index in [4.69, 9.17) is 4.74 Å². The zero-order valence-corrected chi connectivity index (χ0v) is 18.3. The van der Waals surface area contributed by atoms with Gasteiger partial charge in [-0.05, 0) is 24.6 Å². The van der Waals surface area contributed by atoms with Gasteiger partial charge in [0.2, 0.25) is 0 Å². The van der Waals surface area contributed by atoms with Crippen molar-refractivity contribution in [3.05, 3.63) is 66.5 Å². The van der Waals surface area contributed by atoms with Crippen LogP contribution in [0.2, 0.25) is 0 Å². The lowest BCUT2D eigenvalue weighted by molar-refractivity contribution is 0.0389. The van der Waals surface area contributed by atoms with Crippen LogP contribution in [0.1, 0.15) is 55.8 Å². The summed E-state index contributed by atoms with van der Waals surface area (Å²) in [5.74, 6) is 0.121. The zero-order chi connectivity index (χ0) is 22.8. The summed E-state index contributed by atoms with van der Waals surface area (Å²) in [5.41, 5.74) is 2.46. The first kappa shape index (κ1) is 23.4. The van der Waals surface area contributed by atoms with E-state index in [-0.39, 0.29) is 12.4 Å². The maximum Gasteiger partial charge on any atom is 0.338 e. The fraction of sp³-hybridized carbons (Fsp3) is 0.346.